The zero-order valence-corrected chi connectivity index (χ0v) is 23.0. The van der Waals surface area contributed by atoms with E-state index in [9.17, 15) is 4.79 Å². The topological polar surface area (TPSA) is 81.5 Å². The van der Waals surface area contributed by atoms with Crippen LogP contribution >= 0.6 is 0 Å². The van der Waals surface area contributed by atoms with Gasteiger partial charge in [-0.25, -0.2) is 14.4 Å². The molecule has 0 unspecified atom stereocenters. The van der Waals surface area contributed by atoms with Crippen LogP contribution in [0, 0.1) is 33.5 Å². The highest BCUT2D eigenvalue weighted by molar-refractivity contribution is 5.79. The maximum atomic E-state index is 15.3. The molecule has 6 nitrogen and oxygen atoms in total. The van der Waals surface area contributed by atoms with Crippen molar-refractivity contribution in [2.24, 2.45) is 0 Å². The molecule has 0 spiro atoms. The second-order valence-corrected chi connectivity index (χ2v) is 10.9. The second kappa shape index (κ2) is 10.0. The summed E-state index contributed by atoms with van der Waals surface area (Å²) in [6, 6.07) is 15.2. The van der Waals surface area contributed by atoms with Crippen LogP contribution in [-0.4, -0.2) is 27.7 Å². The molecule has 0 saturated carbocycles. The van der Waals surface area contributed by atoms with Gasteiger partial charge in [-0.15, -0.1) is 0 Å². The van der Waals surface area contributed by atoms with Crippen LogP contribution in [0.5, 0.6) is 11.5 Å². The number of benzene rings is 3. The minimum absolute atomic E-state index is 0.0232. The van der Waals surface area contributed by atoms with Crippen LogP contribution in [0.25, 0.3) is 22.4 Å². The highest BCUT2D eigenvalue weighted by atomic mass is 19.1. The molecular formula is C33H31FN2O4. The van der Waals surface area contributed by atoms with Gasteiger partial charge in [-0.05, 0) is 98.7 Å². The third-order valence-corrected chi connectivity index (χ3v) is 7.91. The van der Waals surface area contributed by atoms with Gasteiger partial charge in [-0.1, -0.05) is 12.1 Å². The predicted molar refractivity (Wildman–Crippen MR) is 150 cm³/mol. The fraction of sp³-hybridized carbons (Fsp3) is 0.303. The molecule has 2 aliphatic rings. The number of aryl methyl sites for hydroxylation is 4. The monoisotopic (exact) mass is 538 g/mol. The number of halogens is 1. The average molecular weight is 539 g/mol. The van der Waals surface area contributed by atoms with Crippen molar-refractivity contribution in [3.8, 4) is 33.9 Å². The van der Waals surface area contributed by atoms with E-state index in [1.165, 1.54) is 0 Å². The minimum Gasteiger partial charge on any atom is -0.492 e. The van der Waals surface area contributed by atoms with Gasteiger partial charge in [0.25, 0.3) is 0 Å². The van der Waals surface area contributed by atoms with Gasteiger partial charge in [0.15, 0.2) is 0 Å². The Hall–Kier alpha value is -4.26. The van der Waals surface area contributed by atoms with Crippen molar-refractivity contribution in [3.05, 3.63) is 93.7 Å². The number of nitrogens with zero attached hydrogens (tertiary/aromatic N) is 2. The van der Waals surface area contributed by atoms with Crippen LogP contribution in [-0.2, 0) is 11.2 Å². The molecule has 0 saturated heterocycles. The minimum atomic E-state index is -0.852. The molecule has 204 valence electrons. The molecule has 2 atom stereocenters. The lowest BCUT2D eigenvalue weighted by Gasteiger charge is -2.19. The van der Waals surface area contributed by atoms with Crippen LogP contribution < -0.4 is 9.47 Å². The molecule has 2 heterocycles. The quantitative estimate of drug-likeness (QED) is 0.280. The van der Waals surface area contributed by atoms with Crippen LogP contribution in [0.4, 0.5) is 4.39 Å². The van der Waals surface area contributed by atoms with E-state index in [-0.39, 0.29) is 18.2 Å². The summed E-state index contributed by atoms with van der Waals surface area (Å²) in [6.07, 6.45) is 0.977. The van der Waals surface area contributed by atoms with E-state index in [0.29, 0.717) is 36.5 Å². The van der Waals surface area contributed by atoms with Crippen molar-refractivity contribution in [2.45, 2.75) is 59.0 Å². The van der Waals surface area contributed by atoms with Crippen molar-refractivity contribution >= 4 is 5.97 Å². The lowest BCUT2D eigenvalue weighted by molar-refractivity contribution is -0.137. The molecule has 3 aromatic carbocycles. The Balaban J connectivity index is 1.31. The smallest absolute Gasteiger partial charge is 0.304 e. The first-order valence-corrected chi connectivity index (χ1v) is 13.6. The fourth-order valence-corrected chi connectivity index (χ4v) is 6.30. The summed E-state index contributed by atoms with van der Waals surface area (Å²) in [4.78, 5) is 20.2. The average Bonchev–Trinajstić information content (AvgIpc) is 3.48. The number of aliphatic carboxylic acids is 1. The zero-order chi connectivity index (χ0) is 28.1. The Morgan fingerprint density at radius 1 is 1.05 bits per heavy atom. The normalized spacial score (nSPS) is 17.3. The molecule has 1 aliphatic carbocycles. The summed E-state index contributed by atoms with van der Waals surface area (Å²) in [7, 11) is 0. The van der Waals surface area contributed by atoms with E-state index in [4.69, 9.17) is 14.6 Å². The van der Waals surface area contributed by atoms with Gasteiger partial charge < -0.3 is 14.6 Å². The molecule has 40 heavy (non-hydrogen) atoms. The van der Waals surface area contributed by atoms with Gasteiger partial charge in [-0.3, -0.25) is 4.79 Å². The summed E-state index contributed by atoms with van der Waals surface area (Å²) in [5, 5.41) is 9.17. The largest absolute Gasteiger partial charge is 0.492 e. The number of ether oxygens (including phenoxy) is 2. The molecule has 1 N–H and O–H groups in total. The molecule has 0 amide bonds. The molecule has 6 rings (SSSR count). The first-order chi connectivity index (χ1) is 19.2. The molecular weight excluding hydrogens is 507 g/mol. The van der Waals surface area contributed by atoms with Gasteiger partial charge in [0.05, 0.1) is 18.7 Å². The lowest BCUT2D eigenvalue weighted by atomic mass is 9.88. The van der Waals surface area contributed by atoms with Crippen LogP contribution in [0.1, 0.15) is 64.2 Å². The van der Waals surface area contributed by atoms with Crippen LogP contribution in [0.15, 0.2) is 48.5 Å². The van der Waals surface area contributed by atoms with E-state index in [1.54, 1.807) is 12.1 Å². The number of rotatable bonds is 6. The van der Waals surface area contributed by atoms with Crippen molar-refractivity contribution in [3.63, 3.8) is 0 Å². The van der Waals surface area contributed by atoms with Crippen molar-refractivity contribution in [1.29, 1.82) is 0 Å². The van der Waals surface area contributed by atoms with Gasteiger partial charge >= 0.3 is 5.97 Å². The summed E-state index contributed by atoms with van der Waals surface area (Å²) < 4.78 is 27.4. The maximum Gasteiger partial charge on any atom is 0.304 e. The zero-order valence-electron chi connectivity index (χ0n) is 23.0. The summed E-state index contributed by atoms with van der Waals surface area (Å²) in [6.45, 7) is 8.39. The van der Waals surface area contributed by atoms with Crippen LogP contribution in [0.2, 0.25) is 0 Å². The molecule has 0 fully saturated rings. The number of hydrogen-bond acceptors (Lipinski definition) is 5. The fourth-order valence-electron chi connectivity index (χ4n) is 6.30. The van der Waals surface area contributed by atoms with E-state index < -0.39 is 12.1 Å². The first-order valence-electron chi connectivity index (χ1n) is 13.6. The van der Waals surface area contributed by atoms with E-state index in [1.807, 2.05) is 38.1 Å². The van der Waals surface area contributed by atoms with Crippen molar-refractivity contribution in [2.75, 3.05) is 6.61 Å². The number of carbonyl (C=O) groups is 1. The Labute approximate surface area is 232 Å². The third-order valence-electron chi connectivity index (χ3n) is 7.91. The number of hydrogen-bond donors (Lipinski definition) is 1. The molecule has 1 aromatic heterocycles. The number of carboxylic acid groups (broad SMARTS) is 1. The third kappa shape index (κ3) is 4.70. The first kappa shape index (κ1) is 26.0. The molecule has 4 aromatic rings. The summed E-state index contributed by atoms with van der Waals surface area (Å²) in [5.41, 5.74) is 9.68. The molecule has 0 bridgehead atoms. The van der Waals surface area contributed by atoms with E-state index in [0.717, 1.165) is 56.2 Å². The Kier molecular flexibility index (Phi) is 6.53. The van der Waals surface area contributed by atoms with Gasteiger partial charge in [0, 0.05) is 34.4 Å². The number of aromatic nitrogens is 2. The Morgan fingerprint density at radius 3 is 2.55 bits per heavy atom. The van der Waals surface area contributed by atoms with E-state index >= 15 is 4.39 Å². The Morgan fingerprint density at radius 2 is 1.82 bits per heavy atom. The van der Waals surface area contributed by atoms with Gasteiger partial charge in [-0.2, -0.15) is 0 Å². The molecule has 7 heteroatoms. The molecule has 1 aliphatic heterocycles. The maximum absolute atomic E-state index is 15.3. The lowest BCUT2D eigenvalue weighted by Crippen LogP contribution is -2.07. The Bertz CT molecular complexity index is 1620. The molecule has 0 radical (unpaired) electrons. The van der Waals surface area contributed by atoms with Gasteiger partial charge in [0.2, 0.25) is 0 Å². The van der Waals surface area contributed by atoms with Gasteiger partial charge in [0.1, 0.15) is 29.2 Å². The SMILES string of the molecule is Cc1cc(-c2cc(C)c(-c3ccc(F)c4c3CC[C@H]4Oc3ccc4c(c3)OC[C@H]4CC(=O)O)c(C)c2)nc(C)n1. The highest BCUT2D eigenvalue weighted by Crippen LogP contribution is 2.45. The van der Waals surface area contributed by atoms with Crippen LogP contribution in [0.3, 0.4) is 0 Å². The highest BCUT2D eigenvalue weighted by Gasteiger charge is 2.32. The second-order valence-electron chi connectivity index (χ2n) is 10.9. The summed E-state index contributed by atoms with van der Waals surface area (Å²) in [5.74, 6) is 0.677. The standard InChI is InChI=1S/C33H31FN2O4/c1-17-11-21(28-13-19(3)35-20(4)36-28)12-18(2)32(17)25-7-9-27(34)33-26(25)8-10-29(33)40-23-5-6-24-22(14-31(37)38)16-39-30(24)15-23/h5-7,9,11-13,15,22,29H,8,10,14,16H2,1-4H3,(H,37,38)/t22-,29-/m1/s1. The number of carboxylic acids is 1. The predicted octanol–water partition coefficient (Wildman–Crippen LogP) is 7.20. The number of fused-ring (bicyclic) bond motifs is 2. The van der Waals surface area contributed by atoms with Crippen molar-refractivity contribution in [1.82, 2.24) is 9.97 Å². The van der Waals surface area contributed by atoms with Crippen molar-refractivity contribution < 1.29 is 23.8 Å². The van der Waals surface area contributed by atoms with E-state index in [2.05, 4.69) is 35.9 Å². The summed E-state index contributed by atoms with van der Waals surface area (Å²) >= 11 is 0.